The maximum Gasteiger partial charge on any atom is 0.224 e. The molecule has 8 nitrogen and oxygen atoms in total. The van der Waals surface area contributed by atoms with E-state index < -0.39 is 0 Å². The largest absolute Gasteiger partial charge is 0.356 e. The number of nitrogens with one attached hydrogen (secondary N) is 2. The number of nitrogens with zero attached hydrogens (tertiary/aromatic N) is 5. The SMILES string of the molecule is CC(=O)NCC1CCC(Nc2nccc(-n3nnc4ccccc43)n2)CC1. The number of amides is 1. The maximum atomic E-state index is 11.1. The molecular formula is C19H23N7O. The van der Waals surface area contributed by atoms with Crippen molar-refractivity contribution in [3.63, 3.8) is 0 Å². The Hall–Kier alpha value is -3.03. The third kappa shape index (κ3) is 4.05. The molecule has 2 heterocycles. The average Bonchev–Trinajstić information content (AvgIpc) is 3.12. The molecule has 3 aromatic rings. The van der Waals surface area contributed by atoms with Crippen molar-refractivity contribution >= 4 is 22.9 Å². The third-order valence-corrected chi connectivity index (χ3v) is 5.03. The molecule has 0 spiro atoms. The molecule has 1 amide bonds. The quantitative estimate of drug-likeness (QED) is 0.720. The fourth-order valence-corrected chi connectivity index (χ4v) is 3.56. The highest BCUT2D eigenvalue weighted by Gasteiger charge is 2.22. The van der Waals surface area contributed by atoms with Crippen LogP contribution in [0.15, 0.2) is 36.5 Å². The predicted octanol–water partition coefficient (Wildman–Crippen LogP) is 2.32. The first-order chi connectivity index (χ1) is 13.2. The summed E-state index contributed by atoms with van der Waals surface area (Å²) in [6.07, 6.45) is 6.01. The minimum absolute atomic E-state index is 0.0427. The van der Waals surface area contributed by atoms with Gasteiger partial charge in [-0.1, -0.05) is 17.3 Å². The lowest BCUT2D eigenvalue weighted by atomic mass is 9.86. The molecule has 8 heteroatoms. The van der Waals surface area contributed by atoms with E-state index in [9.17, 15) is 4.79 Å². The molecule has 1 aliphatic rings. The van der Waals surface area contributed by atoms with E-state index >= 15 is 0 Å². The summed E-state index contributed by atoms with van der Waals surface area (Å²) in [7, 11) is 0. The summed E-state index contributed by atoms with van der Waals surface area (Å²) in [4.78, 5) is 20.0. The summed E-state index contributed by atoms with van der Waals surface area (Å²) in [5, 5.41) is 14.8. The summed E-state index contributed by atoms with van der Waals surface area (Å²) in [6, 6.07) is 9.98. The molecule has 2 N–H and O–H groups in total. The minimum atomic E-state index is 0.0427. The lowest BCUT2D eigenvalue weighted by Gasteiger charge is -2.29. The Labute approximate surface area is 157 Å². The van der Waals surface area contributed by atoms with Crippen molar-refractivity contribution < 1.29 is 4.79 Å². The van der Waals surface area contributed by atoms with Crippen LogP contribution in [0.3, 0.4) is 0 Å². The van der Waals surface area contributed by atoms with Gasteiger partial charge in [0, 0.05) is 31.8 Å². The molecule has 4 rings (SSSR count). The van der Waals surface area contributed by atoms with E-state index in [2.05, 4.69) is 30.9 Å². The van der Waals surface area contributed by atoms with Gasteiger partial charge >= 0.3 is 0 Å². The van der Waals surface area contributed by atoms with Crippen LogP contribution in [0, 0.1) is 5.92 Å². The van der Waals surface area contributed by atoms with E-state index in [1.165, 1.54) is 0 Å². The van der Waals surface area contributed by atoms with E-state index in [1.54, 1.807) is 17.8 Å². The number of anilines is 1. The summed E-state index contributed by atoms with van der Waals surface area (Å²) in [6.45, 7) is 2.34. The molecule has 0 atom stereocenters. The van der Waals surface area contributed by atoms with Gasteiger partial charge in [-0.3, -0.25) is 4.79 Å². The van der Waals surface area contributed by atoms with Crippen LogP contribution in [-0.2, 0) is 4.79 Å². The highest BCUT2D eigenvalue weighted by molar-refractivity contribution is 5.75. The van der Waals surface area contributed by atoms with Crippen molar-refractivity contribution in [3.8, 4) is 5.82 Å². The predicted molar refractivity (Wildman–Crippen MR) is 103 cm³/mol. The number of rotatable bonds is 5. The molecule has 0 unspecified atom stereocenters. The van der Waals surface area contributed by atoms with E-state index in [0.29, 0.717) is 23.7 Å². The van der Waals surface area contributed by atoms with Crippen LogP contribution in [-0.4, -0.2) is 43.5 Å². The lowest BCUT2D eigenvalue weighted by molar-refractivity contribution is -0.119. The number of carbonyl (C=O) groups excluding carboxylic acids is 1. The van der Waals surface area contributed by atoms with Gasteiger partial charge in [0.05, 0.1) is 5.52 Å². The second-order valence-corrected chi connectivity index (χ2v) is 7.03. The van der Waals surface area contributed by atoms with Crippen LogP contribution in [0.25, 0.3) is 16.9 Å². The van der Waals surface area contributed by atoms with Crippen LogP contribution in [0.1, 0.15) is 32.6 Å². The normalized spacial score (nSPS) is 19.7. The van der Waals surface area contributed by atoms with Crippen LogP contribution < -0.4 is 10.6 Å². The molecule has 2 aromatic heterocycles. The Morgan fingerprint density at radius 3 is 2.81 bits per heavy atom. The first kappa shape index (κ1) is 17.4. The van der Waals surface area contributed by atoms with Crippen LogP contribution in [0.5, 0.6) is 0 Å². The second kappa shape index (κ2) is 7.69. The topological polar surface area (TPSA) is 97.6 Å². The number of hydrogen-bond donors (Lipinski definition) is 2. The zero-order valence-corrected chi connectivity index (χ0v) is 15.3. The molecular weight excluding hydrogens is 342 g/mol. The molecule has 1 aliphatic carbocycles. The Kier molecular flexibility index (Phi) is 4.95. The Balaban J connectivity index is 1.41. The van der Waals surface area contributed by atoms with E-state index in [4.69, 9.17) is 0 Å². The van der Waals surface area contributed by atoms with Gasteiger partial charge in [-0.25, -0.2) is 4.98 Å². The summed E-state index contributed by atoms with van der Waals surface area (Å²) >= 11 is 0. The molecule has 1 saturated carbocycles. The molecule has 0 bridgehead atoms. The molecule has 0 radical (unpaired) electrons. The zero-order chi connectivity index (χ0) is 18.6. The molecule has 0 saturated heterocycles. The Bertz CT molecular complexity index is 930. The van der Waals surface area contributed by atoms with Crippen molar-refractivity contribution in [2.75, 3.05) is 11.9 Å². The number of hydrogen-bond acceptors (Lipinski definition) is 6. The van der Waals surface area contributed by atoms with Crippen molar-refractivity contribution in [3.05, 3.63) is 36.5 Å². The molecule has 0 aliphatic heterocycles. The van der Waals surface area contributed by atoms with E-state index in [0.717, 1.165) is 43.3 Å². The van der Waals surface area contributed by atoms with Gasteiger partial charge < -0.3 is 10.6 Å². The highest BCUT2D eigenvalue weighted by atomic mass is 16.1. The lowest BCUT2D eigenvalue weighted by Crippen LogP contribution is -2.33. The molecule has 140 valence electrons. The van der Waals surface area contributed by atoms with Crippen molar-refractivity contribution in [2.24, 2.45) is 5.92 Å². The summed E-state index contributed by atoms with van der Waals surface area (Å²) < 4.78 is 1.73. The van der Waals surface area contributed by atoms with Crippen molar-refractivity contribution in [1.29, 1.82) is 0 Å². The monoisotopic (exact) mass is 365 g/mol. The number of benzene rings is 1. The second-order valence-electron chi connectivity index (χ2n) is 7.03. The minimum Gasteiger partial charge on any atom is -0.356 e. The zero-order valence-electron chi connectivity index (χ0n) is 15.3. The fourth-order valence-electron chi connectivity index (χ4n) is 3.56. The van der Waals surface area contributed by atoms with Gasteiger partial charge in [-0.2, -0.15) is 9.67 Å². The summed E-state index contributed by atoms with van der Waals surface area (Å²) in [5.41, 5.74) is 1.75. The maximum absolute atomic E-state index is 11.1. The Morgan fingerprint density at radius 1 is 1.19 bits per heavy atom. The Morgan fingerprint density at radius 2 is 2.00 bits per heavy atom. The fraction of sp³-hybridized carbons (Fsp3) is 0.421. The van der Waals surface area contributed by atoms with Gasteiger partial charge in [-0.15, -0.1) is 5.10 Å². The van der Waals surface area contributed by atoms with Crippen molar-refractivity contribution in [2.45, 2.75) is 38.6 Å². The van der Waals surface area contributed by atoms with Gasteiger partial charge in [0.25, 0.3) is 0 Å². The number of fused-ring (bicyclic) bond motifs is 1. The first-order valence-electron chi connectivity index (χ1n) is 9.34. The molecule has 1 fully saturated rings. The number of aromatic nitrogens is 5. The van der Waals surface area contributed by atoms with Gasteiger partial charge in [-0.05, 0) is 43.7 Å². The van der Waals surface area contributed by atoms with Gasteiger partial charge in [0.2, 0.25) is 11.9 Å². The van der Waals surface area contributed by atoms with Crippen LogP contribution in [0.4, 0.5) is 5.95 Å². The third-order valence-electron chi connectivity index (χ3n) is 5.03. The number of carbonyl (C=O) groups is 1. The van der Waals surface area contributed by atoms with Gasteiger partial charge in [0.15, 0.2) is 5.82 Å². The van der Waals surface area contributed by atoms with E-state index in [-0.39, 0.29) is 5.91 Å². The number of para-hydroxylation sites is 1. The highest BCUT2D eigenvalue weighted by Crippen LogP contribution is 2.25. The molecule has 27 heavy (non-hydrogen) atoms. The first-order valence-corrected chi connectivity index (χ1v) is 9.34. The standard InChI is InChI=1S/C19H23N7O/c1-13(27)21-12-14-6-8-15(9-7-14)22-19-20-11-10-18(23-19)26-17-5-3-2-4-16(17)24-25-26/h2-5,10-11,14-15H,6-9,12H2,1H3,(H,21,27)(H,20,22,23). The van der Waals surface area contributed by atoms with Gasteiger partial charge in [0.1, 0.15) is 5.52 Å². The average molecular weight is 365 g/mol. The van der Waals surface area contributed by atoms with E-state index in [1.807, 2.05) is 30.3 Å². The van der Waals surface area contributed by atoms with Crippen LogP contribution >= 0.6 is 0 Å². The molecule has 1 aromatic carbocycles. The summed E-state index contributed by atoms with van der Waals surface area (Å²) in [5.74, 6) is 1.90. The smallest absolute Gasteiger partial charge is 0.224 e. The van der Waals surface area contributed by atoms with Crippen molar-refractivity contribution in [1.82, 2.24) is 30.3 Å². The van der Waals surface area contributed by atoms with Crippen LogP contribution in [0.2, 0.25) is 0 Å².